The van der Waals surface area contributed by atoms with Crippen LogP contribution in [-0.2, 0) is 12.6 Å². The molecule has 1 amide bonds. The highest BCUT2D eigenvalue weighted by molar-refractivity contribution is 5.95. The van der Waals surface area contributed by atoms with Crippen molar-refractivity contribution >= 4 is 5.91 Å². The molecule has 4 aromatic rings. The lowest BCUT2D eigenvalue weighted by molar-refractivity contribution is -0.00173. The summed E-state index contributed by atoms with van der Waals surface area (Å²) in [6, 6.07) is 20.1. The highest BCUT2D eigenvalue weighted by Gasteiger charge is 2.45. The Morgan fingerprint density at radius 3 is 2.52 bits per heavy atom. The maximum absolute atomic E-state index is 13.3. The van der Waals surface area contributed by atoms with Crippen LogP contribution in [0, 0.1) is 0 Å². The number of aromatic nitrogens is 3. The molecule has 6 nitrogen and oxygen atoms in total. The third-order valence-electron chi connectivity index (χ3n) is 6.83. The van der Waals surface area contributed by atoms with Gasteiger partial charge < -0.3 is 9.64 Å². The van der Waals surface area contributed by atoms with E-state index in [-0.39, 0.29) is 5.91 Å². The Morgan fingerprint density at radius 1 is 0.939 bits per heavy atom. The molecule has 2 aromatic heterocycles. The van der Waals surface area contributed by atoms with E-state index in [0.717, 1.165) is 46.5 Å². The van der Waals surface area contributed by atoms with Gasteiger partial charge in [-0.25, -0.2) is 0 Å². The van der Waals surface area contributed by atoms with Crippen LogP contribution in [0.2, 0.25) is 0 Å². The van der Waals surface area contributed by atoms with E-state index in [9.17, 15) is 4.79 Å². The van der Waals surface area contributed by atoms with Gasteiger partial charge in [0.1, 0.15) is 11.4 Å². The fourth-order valence-corrected chi connectivity index (χ4v) is 5.08. The van der Waals surface area contributed by atoms with Crippen LogP contribution in [0.15, 0.2) is 79.3 Å². The Kier molecular flexibility index (Phi) is 4.54. The molecule has 0 aliphatic carbocycles. The molecule has 1 saturated heterocycles. The number of nitrogens with zero attached hydrogens (tertiary/aromatic N) is 4. The highest BCUT2D eigenvalue weighted by Crippen LogP contribution is 2.49. The maximum Gasteiger partial charge on any atom is 0.255 e. The van der Waals surface area contributed by atoms with Gasteiger partial charge >= 0.3 is 0 Å². The van der Waals surface area contributed by atoms with Crippen LogP contribution in [0.5, 0.6) is 5.75 Å². The van der Waals surface area contributed by atoms with Crippen molar-refractivity contribution in [1.82, 2.24) is 19.7 Å². The molecule has 2 aliphatic rings. The van der Waals surface area contributed by atoms with Crippen molar-refractivity contribution in [3.05, 3.63) is 90.4 Å². The average Bonchev–Trinajstić information content (AvgIpc) is 3.28. The van der Waals surface area contributed by atoms with Crippen molar-refractivity contribution in [3.8, 4) is 28.1 Å². The summed E-state index contributed by atoms with van der Waals surface area (Å²) in [4.78, 5) is 19.6. The number of ether oxygens (including phenoxy) is 1. The molecule has 33 heavy (non-hydrogen) atoms. The lowest BCUT2D eigenvalue weighted by Crippen LogP contribution is -2.49. The molecule has 0 saturated carbocycles. The minimum Gasteiger partial charge on any atom is -0.482 e. The summed E-state index contributed by atoms with van der Waals surface area (Å²) in [6.07, 6.45) is 6.82. The highest BCUT2D eigenvalue weighted by atomic mass is 16.5. The average molecular weight is 437 g/mol. The van der Waals surface area contributed by atoms with Crippen molar-refractivity contribution < 1.29 is 9.53 Å². The van der Waals surface area contributed by atoms with Crippen molar-refractivity contribution in [2.24, 2.45) is 7.05 Å². The molecule has 164 valence electrons. The van der Waals surface area contributed by atoms with Gasteiger partial charge in [-0.05, 0) is 23.8 Å². The molecule has 6 heteroatoms. The van der Waals surface area contributed by atoms with Crippen molar-refractivity contribution in [2.75, 3.05) is 13.1 Å². The molecule has 0 bridgehead atoms. The first-order chi connectivity index (χ1) is 16.1. The van der Waals surface area contributed by atoms with Gasteiger partial charge in [-0.3, -0.25) is 14.5 Å². The van der Waals surface area contributed by atoms with Crippen molar-refractivity contribution in [3.63, 3.8) is 0 Å². The molecule has 1 fully saturated rings. The first kappa shape index (κ1) is 19.7. The fraction of sp³-hybridized carbons (Fsp3) is 0.222. The van der Waals surface area contributed by atoms with Crippen LogP contribution in [-0.4, -0.2) is 38.7 Å². The number of benzene rings is 2. The molecule has 0 unspecified atom stereocenters. The van der Waals surface area contributed by atoms with Crippen LogP contribution in [0.4, 0.5) is 0 Å². The summed E-state index contributed by atoms with van der Waals surface area (Å²) < 4.78 is 8.53. The molecule has 0 radical (unpaired) electrons. The van der Waals surface area contributed by atoms with E-state index in [1.54, 1.807) is 12.4 Å². The Labute approximate surface area is 192 Å². The summed E-state index contributed by atoms with van der Waals surface area (Å²) in [5, 5.41) is 4.53. The largest absolute Gasteiger partial charge is 0.482 e. The maximum atomic E-state index is 13.3. The van der Waals surface area contributed by atoms with Gasteiger partial charge in [0.15, 0.2) is 0 Å². The van der Waals surface area contributed by atoms with E-state index in [2.05, 4.69) is 16.1 Å². The van der Waals surface area contributed by atoms with Crippen LogP contribution >= 0.6 is 0 Å². The quantitative estimate of drug-likeness (QED) is 0.458. The summed E-state index contributed by atoms with van der Waals surface area (Å²) in [5.41, 5.74) is 5.45. The van der Waals surface area contributed by atoms with E-state index in [1.165, 1.54) is 0 Å². The number of amides is 1. The zero-order valence-electron chi connectivity index (χ0n) is 18.4. The molecule has 0 atom stereocenters. The molecular weight excluding hydrogens is 412 g/mol. The SMILES string of the molecule is Cn1ncc2c1-c1ccccc1OC21CCN(C(=O)c2cncc(-c3ccccc3)c2)CC1. The summed E-state index contributed by atoms with van der Waals surface area (Å²) in [6.45, 7) is 1.23. The number of likely N-dealkylation sites (tertiary alicyclic amines) is 1. The lowest BCUT2D eigenvalue weighted by Gasteiger charge is -2.44. The number of carbonyl (C=O) groups is 1. The number of rotatable bonds is 2. The van der Waals surface area contributed by atoms with Gasteiger partial charge in [0.25, 0.3) is 5.91 Å². The predicted molar refractivity (Wildman–Crippen MR) is 126 cm³/mol. The molecule has 0 N–H and O–H groups in total. The van der Waals surface area contributed by atoms with Gasteiger partial charge in [-0.1, -0.05) is 42.5 Å². The van der Waals surface area contributed by atoms with Crippen LogP contribution in [0.25, 0.3) is 22.4 Å². The third-order valence-corrected chi connectivity index (χ3v) is 6.83. The smallest absolute Gasteiger partial charge is 0.255 e. The second-order valence-electron chi connectivity index (χ2n) is 8.74. The van der Waals surface area contributed by atoms with Gasteiger partial charge in [0.2, 0.25) is 0 Å². The normalized spacial score (nSPS) is 16.1. The lowest BCUT2D eigenvalue weighted by atomic mass is 9.81. The van der Waals surface area contributed by atoms with E-state index >= 15 is 0 Å². The zero-order valence-corrected chi connectivity index (χ0v) is 18.4. The molecule has 2 aromatic carbocycles. The Hall–Kier alpha value is -3.93. The second kappa shape index (κ2) is 7.59. The number of hydrogen-bond acceptors (Lipinski definition) is 4. The molecule has 1 spiro atoms. The number of pyridine rings is 1. The third kappa shape index (κ3) is 3.21. The second-order valence-corrected chi connectivity index (χ2v) is 8.74. The predicted octanol–water partition coefficient (Wildman–Crippen LogP) is 4.67. The van der Waals surface area contributed by atoms with Gasteiger partial charge in [-0.2, -0.15) is 5.10 Å². The number of carbonyl (C=O) groups excluding carboxylic acids is 1. The topological polar surface area (TPSA) is 60.2 Å². The Balaban J connectivity index is 1.25. The van der Waals surface area contributed by atoms with E-state index in [4.69, 9.17) is 4.74 Å². The van der Waals surface area contributed by atoms with Gasteiger partial charge in [0.05, 0.1) is 17.5 Å². The van der Waals surface area contributed by atoms with E-state index < -0.39 is 5.60 Å². The summed E-state index contributed by atoms with van der Waals surface area (Å²) in [7, 11) is 1.97. The summed E-state index contributed by atoms with van der Waals surface area (Å²) in [5.74, 6) is 0.894. The minimum atomic E-state index is -0.459. The minimum absolute atomic E-state index is 0.0118. The molecule has 4 heterocycles. The first-order valence-electron chi connectivity index (χ1n) is 11.3. The van der Waals surface area contributed by atoms with Crippen molar-refractivity contribution in [2.45, 2.75) is 18.4 Å². The Bertz CT molecular complexity index is 1340. The Morgan fingerprint density at radius 2 is 1.70 bits per heavy atom. The van der Waals surface area contributed by atoms with E-state index in [1.807, 2.05) is 77.4 Å². The number of fused-ring (bicyclic) bond motifs is 4. The first-order valence-corrected chi connectivity index (χ1v) is 11.3. The van der Waals surface area contributed by atoms with Gasteiger partial charge in [-0.15, -0.1) is 0 Å². The number of piperidine rings is 1. The number of para-hydroxylation sites is 1. The van der Waals surface area contributed by atoms with Crippen molar-refractivity contribution in [1.29, 1.82) is 0 Å². The summed E-state index contributed by atoms with van der Waals surface area (Å²) >= 11 is 0. The van der Waals surface area contributed by atoms with Crippen LogP contribution in [0.1, 0.15) is 28.8 Å². The fourth-order valence-electron chi connectivity index (χ4n) is 5.08. The monoisotopic (exact) mass is 436 g/mol. The number of hydrogen-bond donors (Lipinski definition) is 0. The standard InChI is InChI=1S/C27H24N4O2/c1-30-25-22-9-5-6-10-24(22)33-27(23(25)18-29-30)11-13-31(14-12-27)26(32)21-15-20(16-28-17-21)19-7-3-2-4-8-19/h2-10,15-18H,11-14H2,1H3. The molecule has 2 aliphatic heterocycles. The van der Waals surface area contributed by atoms with E-state index in [0.29, 0.717) is 18.7 Å². The van der Waals surface area contributed by atoms with Crippen LogP contribution < -0.4 is 4.74 Å². The van der Waals surface area contributed by atoms with Gasteiger partial charge in [0, 0.05) is 62.1 Å². The molecule has 6 rings (SSSR count). The molecular formula is C27H24N4O2. The zero-order chi connectivity index (χ0) is 22.4. The van der Waals surface area contributed by atoms with Crippen LogP contribution in [0.3, 0.4) is 0 Å². The number of aryl methyl sites for hydroxylation is 1.